The molecular formula is C27H32N4O4. The number of hydrogen-bond donors (Lipinski definition) is 2. The van der Waals surface area contributed by atoms with Gasteiger partial charge in [-0.15, -0.1) is 0 Å². The van der Waals surface area contributed by atoms with Crippen LogP contribution in [-0.2, 0) is 16.1 Å². The van der Waals surface area contributed by atoms with Gasteiger partial charge in [-0.1, -0.05) is 44.2 Å². The Balaban J connectivity index is 1.51. The minimum absolute atomic E-state index is 0.0140. The molecule has 3 amide bonds. The van der Waals surface area contributed by atoms with E-state index in [-0.39, 0.29) is 42.0 Å². The fraction of sp³-hybridized carbons (Fsp3) is 0.407. The second kappa shape index (κ2) is 10.4. The Morgan fingerprint density at radius 3 is 2.43 bits per heavy atom. The monoisotopic (exact) mass is 476 g/mol. The van der Waals surface area contributed by atoms with Gasteiger partial charge in [0.1, 0.15) is 12.1 Å². The first-order valence-corrected chi connectivity index (χ1v) is 12.1. The number of amides is 3. The van der Waals surface area contributed by atoms with Crippen molar-refractivity contribution in [3.05, 3.63) is 71.3 Å². The fourth-order valence-electron chi connectivity index (χ4n) is 5.06. The third-order valence-corrected chi connectivity index (χ3v) is 6.72. The highest BCUT2D eigenvalue weighted by Crippen LogP contribution is 2.31. The summed E-state index contributed by atoms with van der Waals surface area (Å²) in [5.74, 6) is -0.831. The lowest BCUT2D eigenvalue weighted by atomic mass is 10.0. The first kappa shape index (κ1) is 24.6. The SMILES string of the molecule is CC(C)CC(NC(=O)c1cccc(CN)c1)C(=O)N1CC[C@@H]2[C@H]1C(=O)CN2C(=O)c1ccccc1. The molecule has 0 aromatic heterocycles. The maximum atomic E-state index is 13.6. The maximum absolute atomic E-state index is 13.6. The molecule has 2 saturated heterocycles. The van der Waals surface area contributed by atoms with Crippen LogP contribution in [0.25, 0.3) is 0 Å². The number of likely N-dealkylation sites (tertiary alicyclic amines) is 2. The molecule has 4 rings (SSSR count). The molecule has 0 aliphatic carbocycles. The van der Waals surface area contributed by atoms with Crippen molar-refractivity contribution in [1.82, 2.24) is 15.1 Å². The molecule has 184 valence electrons. The summed E-state index contributed by atoms with van der Waals surface area (Å²) in [6.45, 7) is 4.63. The molecule has 3 N–H and O–H groups in total. The van der Waals surface area contributed by atoms with Crippen molar-refractivity contribution in [2.24, 2.45) is 11.7 Å². The van der Waals surface area contributed by atoms with E-state index < -0.39 is 12.1 Å². The first-order valence-electron chi connectivity index (χ1n) is 12.1. The fourth-order valence-corrected chi connectivity index (χ4v) is 5.06. The Morgan fingerprint density at radius 1 is 1.03 bits per heavy atom. The molecule has 0 spiro atoms. The topological polar surface area (TPSA) is 113 Å². The Hall–Kier alpha value is -3.52. The van der Waals surface area contributed by atoms with Crippen LogP contribution in [0.1, 0.15) is 53.0 Å². The molecule has 35 heavy (non-hydrogen) atoms. The van der Waals surface area contributed by atoms with E-state index in [1.54, 1.807) is 52.3 Å². The van der Waals surface area contributed by atoms with Gasteiger partial charge in [-0.05, 0) is 48.6 Å². The van der Waals surface area contributed by atoms with Crippen molar-refractivity contribution in [1.29, 1.82) is 0 Å². The summed E-state index contributed by atoms with van der Waals surface area (Å²) in [5.41, 5.74) is 7.48. The van der Waals surface area contributed by atoms with Gasteiger partial charge < -0.3 is 20.9 Å². The number of benzene rings is 2. The van der Waals surface area contributed by atoms with Crippen LogP contribution >= 0.6 is 0 Å². The summed E-state index contributed by atoms with van der Waals surface area (Å²) in [5, 5.41) is 2.88. The Kier molecular flexibility index (Phi) is 7.31. The predicted octanol–water partition coefficient (Wildman–Crippen LogP) is 1.98. The molecule has 2 aliphatic heterocycles. The van der Waals surface area contributed by atoms with Gasteiger partial charge >= 0.3 is 0 Å². The van der Waals surface area contributed by atoms with Crippen LogP contribution in [0.2, 0.25) is 0 Å². The zero-order valence-corrected chi connectivity index (χ0v) is 20.1. The van der Waals surface area contributed by atoms with Gasteiger partial charge in [0, 0.05) is 24.2 Å². The van der Waals surface area contributed by atoms with E-state index in [2.05, 4.69) is 5.32 Å². The van der Waals surface area contributed by atoms with E-state index >= 15 is 0 Å². The zero-order valence-electron chi connectivity index (χ0n) is 20.1. The van der Waals surface area contributed by atoms with E-state index in [0.717, 1.165) is 5.56 Å². The number of Topliss-reactive ketones (excluding diaryl/α,β-unsaturated/α-hetero) is 1. The van der Waals surface area contributed by atoms with E-state index in [4.69, 9.17) is 5.73 Å². The molecule has 8 heteroatoms. The second-order valence-electron chi connectivity index (χ2n) is 9.66. The molecule has 2 fully saturated rings. The lowest BCUT2D eigenvalue weighted by molar-refractivity contribution is -0.138. The molecule has 0 bridgehead atoms. The van der Waals surface area contributed by atoms with Crippen molar-refractivity contribution < 1.29 is 19.2 Å². The summed E-state index contributed by atoms with van der Waals surface area (Å²) in [6, 6.07) is 14.1. The highest BCUT2D eigenvalue weighted by atomic mass is 16.2. The number of nitrogens with one attached hydrogen (secondary N) is 1. The molecule has 0 radical (unpaired) electrons. The van der Waals surface area contributed by atoms with Gasteiger partial charge in [-0.2, -0.15) is 0 Å². The number of nitrogens with zero attached hydrogens (tertiary/aromatic N) is 2. The quantitative estimate of drug-likeness (QED) is 0.635. The molecular weight excluding hydrogens is 444 g/mol. The van der Waals surface area contributed by atoms with Gasteiger partial charge in [-0.3, -0.25) is 19.2 Å². The van der Waals surface area contributed by atoms with Gasteiger partial charge in [0.2, 0.25) is 5.91 Å². The molecule has 2 aromatic carbocycles. The second-order valence-corrected chi connectivity index (χ2v) is 9.66. The van der Waals surface area contributed by atoms with Crippen LogP contribution in [0.5, 0.6) is 0 Å². The number of carbonyl (C=O) groups is 4. The molecule has 1 unspecified atom stereocenters. The van der Waals surface area contributed by atoms with Crippen LogP contribution in [-0.4, -0.2) is 64.5 Å². The van der Waals surface area contributed by atoms with Crippen molar-refractivity contribution in [3.8, 4) is 0 Å². The normalized spacial score (nSPS) is 20.2. The van der Waals surface area contributed by atoms with E-state index in [1.165, 1.54) is 0 Å². The van der Waals surface area contributed by atoms with E-state index in [0.29, 0.717) is 37.1 Å². The number of ketones is 1. The minimum atomic E-state index is -0.769. The van der Waals surface area contributed by atoms with Crippen molar-refractivity contribution in [2.45, 2.75) is 51.4 Å². The summed E-state index contributed by atoms with van der Waals surface area (Å²) in [7, 11) is 0. The van der Waals surface area contributed by atoms with Gasteiger partial charge in [0.15, 0.2) is 5.78 Å². The summed E-state index contributed by atoms with van der Waals surface area (Å²) >= 11 is 0. The van der Waals surface area contributed by atoms with Crippen molar-refractivity contribution >= 4 is 23.5 Å². The van der Waals surface area contributed by atoms with Gasteiger partial charge in [-0.25, -0.2) is 0 Å². The number of fused-ring (bicyclic) bond motifs is 1. The van der Waals surface area contributed by atoms with Crippen LogP contribution in [0.15, 0.2) is 54.6 Å². The Bertz CT molecular complexity index is 1120. The summed E-state index contributed by atoms with van der Waals surface area (Å²) in [4.78, 5) is 55.8. The largest absolute Gasteiger partial charge is 0.340 e. The highest BCUT2D eigenvalue weighted by Gasteiger charge is 2.52. The predicted molar refractivity (Wildman–Crippen MR) is 131 cm³/mol. The molecule has 2 heterocycles. The van der Waals surface area contributed by atoms with Gasteiger partial charge in [0.25, 0.3) is 11.8 Å². The highest BCUT2D eigenvalue weighted by molar-refractivity contribution is 6.03. The smallest absolute Gasteiger partial charge is 0.254 e. The maximum Gasteiger partial charge on any atom is 0.254 e. The first-order chi connectivity index (χ1) is 16.8. The van der Waals surface area contributed by atoms with E-state index in [1.807, 2.05) is 26.0 Å². The van der Waals surface area contributed by atoms with Crippen LogP contribution in [0, 0.1) is 5.92 Å². The van der Waals surface area contributed by atoms with E-state index in [9.17, 15) is 19.2 Å². The third kappa shape index (κ3) is 5.12. The minimum Gasteiger partial charge on any atom is -0.340 e. The number of carbonyl (C=O) groups excluding carboxylic acids is 4. The summed E-state index contributed by atoms with van der Waals surface area (Å²) < 4.78 is 0. The van der Waals surface area contributed by atoms with Crippen molar-refractivity contribution in [3.63, 3.8) is 0 Å². The molecule has 2 aliphatic rings. The number of rotatable bonds is 7. The van der Waals surface area contributed by atoms with Crippen LogP contribution in [0.3, 0.4) is 0 Å². The van der Waals surface area contributed by atoms with Gasteiger partial charge in [0.05, 0.1) is 12.6 Å². The Morgan fingerprint density at radius 2 is 1.74 bits per heavy atom. The summed E-state index contributed by atoms with van der Waals surface area (Å²) in [6.07, 6.45) is 0.970. The zero-order chi connectivity index (χ0) is 25.1. The standard InChI is InChI=1S/C27H32N4O4/c1-17(2)13-21(29-25(33)20-10-6-7-18(14-20)15-28)27(35)30-12-11-22-24(30)23(32)16-31(22)26(34)19-8-4-3-5-9-19/h3-10,14,17,21-22,24H,11-13,15-16,28H2,1-2H3,(H,29,33)/t21?,22-,24+/m1/s1. The third-order valence-electron chi connectivity index (χ3n) is 6.72. The average molecular weight is 477 g/mol. The molecule has 2 aromatic rings. The number of nitrogens with two attached hydrogens (primary N) is 1. The number of hydrogen-bond acceptors (Lipinski definition) is 5. The Labute approximate surface area is 205 Å². The molecule has 3 atom stereocenters. The van der Waals surface area contributed by atoms with Crippen LogP contribution < -0.4 is 11.1 Å². The van der Waals surface area contributed by atoms with Crippen molar-refractivity contribution in [2.75, 3.05) is 13.1 Å². The average Bonchev–Trinajstić information content (AvgIpc) is 3.44. The lowest BCUT2D eigenvalue weighted by Gasteiger charge is -2.29. The molecule has 8 nitrogen and oxygen atoms in total. The lowest BCUT2D eigenvalue weighted by Crippen LogP contribution is -2.53. The van der Waals surface area contributed by atoms with Crippen LogP contribution in [0.4, 0.5) is 0 Å². The molecule has 0 saturated carbocycles.